The zero-order valence-electron chi connectivity index (χ0n) is 9.82. The summed E-state index contributed by atoms with van der Waals surface area (Å²) in [7, 11) is 0. The Morgan fingerprint density at radius 2 is 2.06 bits per heavy atom. The molecule has 0 aliphatic heterocycles. The molecule has 2 aromatic rings. The number of benzene rings is 1. The van der Waals surface area contributed by atoms with Crippen molar-refractivity contribution in [2.45, 2.75) is 19.5 Å². The van der Waals surface area contributed by atoms with Gasteiger partial charge in [0.05, 0.1) is 16.9 Å². The van der Waals surface area contributed by atoms with Crippen LogP contribution < -0.4 is 5.73 Å². The normalized spacial score (nSPS) is 10.5. The second kappa shape index (κ2) is 5.42. The van der Waals surface area contributed by atoms with Crippen molar-refractivity contribution in [2.75, 3.05) is 0 Å². The third-order valence-corrected chi connectivity index (χ3v) is 2.70. The van der Waals surface area contributed by atoms with Crippen LogP contribution in [0.1, 0.15) is 11.3 Å². The number of aryl methyl sites for hydroxylation is 2. The van der Waals surface area contributed by atoms with Crippen LogP contribution in [0, 0.1) is 10.1 Å². The van der Waals surface area contributed by atoms with E-state index in [1.165, 1.54) is 12.1 Å². The van der Waals surface area contributed by atoms with Crippen molar-refractivity contribution in [1.29, 1.82) is 0 Å². The van der Waals surface area contributed by atoms with Gasteiger partial charge in [0, 0.05) is 31.4 Å². The van der Waals surface area contributed by atoms with Gasteiger partial charge in [-0.1, -0.05) is 12.1 Å². The highest BCUT2D eigenvalue weighted by Crippen LogP contribution is 2.12. The molecule has 0 saturated heterocycles. The highest BCUT2D eigenvalue weighted by molar-refractivity contribution is 5.32. The van der Waals surface area contributed by atoms with Crippen LogP contribution in [0.3, 0.4) is 0 Å². The van der Waals surface area contributed by atoms with Gasteiger partial charge in [-0.3, -0.25) is 10.1 Å². The number of imidazole rings is 1. The zero-order valence-corrected chi connectivity index (χ0v) is 9.82. The third kappa shape index (κ3) is 2.92. The molecule has 0 radical (unpaired) electrons. The molecular weight excluding hydrogens is 232 g/mol. The predicted molar refractivity (Wildman–Crippen MR) is 66.9 cm³/mol. The Balaban J connectivity index is 1.95. The molecule has 0 aliphatic rings. The molecule has 18 heavy (non-hydrogen) atoms. The van der Waals surface area contributed by atoms with Crippen molar-refractivity contribution in [1.82, 2.24) is 9.55 Å². The zero-order chi connectivity index (χ0) is 13.0. The summed E-state index contributed by atoms with van der Waals surface area (Å²) in [5.41, 5.74) is 7.51. The minimum absolute atomic E-state index is 0.117. The molecule has 0 fully saturated rings. The number of nitrogens with two attached hydrogens (primary N) is 1. The van der Waals surface area contributed by atoms with Gasteiger partial charge >= 0.3 is 0 Å². The van der Waals surface area contributed by atoms with E-state index in [1.807, 2.05) is 10.8 Å². The Hall–Kier alpha value is -2.21. The monoisotopic (exact) mass is 246 g/mol. The molecule has 1 aromatic carbocycles. The van der Waals surface area contributed by atoms with Crippen molar-refractivity contribution in [3.8, 4) is 0 Å². The number of hydrogen-bond donors (Lipinski definition) is 1. The fourth-order valence-corrected chi connectivity index (χ4v) is 1.68. The van der Waals surface area contributed by atoms with Crippen molar-refractivity contribution in [2.24, 2.45) is 5.73 Å². The maximum atomic E-state index is 10.5. The van der Waals surface area contributed by atoms with Gasteiger partial charge in [-0.05, 0) is 12.0 Å². The van der Waals surface area contributed by atoms with E-state index in [1.54, 1.807) is 18.5 Å². The summed E-state index contributed by atoms with van der Waals surface area (Å²) in [5.74, 6) is 0. The van der Waals surface area contributed by atoms with Crippen LogP contribution in [0.4, 0.5) is 5.69 Å². The molecule has 94 valence electrons. The van der Waals surface area contributed by atoms with E-state index in [9.17, 15) is 10.1 Å². The first-order valence-electron chi connectivity index (χ1n) is 5.63. The summed E-state index contributed by atoms with van der Waals surface area (Å²) < 4.78 is 1.96. The van der Waals surface area contributed by atoms with Gasteiger partial charge in [0.1, 0.15) is 0 Å². The SMILES string of the molecule is NCc1cn(CCc2ccc([N+](=O)[O-])cc2)cn1. The van der Waals surface area contributed by atoms with Gasteiger partial charge in [-0.25, -0.2) is 4.98 Å². The molecular formula is C12H14N4O2. The second-order valence-electron chi connectivity index (χ2n) is 3.98. The predicted octanol–water partition coefficient (Wildman–Crippen LogP) is 1.49. The number of hydrogen-bond acceptors (Lipinski definition) is 4. The lowest BCUT2D eigenvalue weighted by Gasteiger charge is -2.02. The lowest BCUT2D eigenvalue weighted by Crippen LogP contribution is -1.99. The maximum Gasteiger partial charge on any atom is 0.269 e. The van der Waals surface area contributed by atoms with E-state index in [0.717, 1.165) is 24.2 Å². The molecule has 1 heterocycles. The third-order valence-electron chi connectivity index (χ3n) is 2.70. The summed E-state index contributed by atoms with van der Waals surface area (Å²) in [6, 6.07) is 6.60. The van der Waals surface area contributed by atoms with Crippen LogP contribution in [-0.2, 0) is 19.5 Å². The average Bonchev–Trinajstić information content (AvgIpc) is 2.85. The number of nitro benzene ring substituents is 1. The van der Waals surface area contributed by atoms with Crippen LogP contribution in [0.5, 0.6) is 0 Å². The van der Waals surface area contributed by atoms with E-state index in [0.29, 0.717) is 6.54 Å². The fraction of sp³-hybridized carbons (Fsp3) is 0.250. The van der Waals surface area contributed by atoms with Crippen LogP contribution in [-0.4, -0.2) is 14.5 Å². The van der Waals surface area contributed by atoms with Gasteiger partial charge < -0.3 is 10.3 Å². The summed E-state index contributed by atoms with van der Waals surface area (Å²) in [4.78, 5) is 14.2. The highest BCUT2D eigenvalue weighted by Gasteiger charge is 2.04. The van der Waals surface area contributed by atoms with E-state index < -0.39 is 4.92 Å². The molecule has 0 saturated carbocycles. The largest absolute Gasteiger partial charge is 0.337 e. The van der Waals surface area contributed by atoms with Crippen molar-refractivity contribution < 1.29 is 4.92 Å². The minimum Gasteiger partial charge on any atom is -0.337 e. The molecule has 2 rings (SSSR count). The Morgan fingerprint density at radius 3 is 2.61 bits per heavy atom. The lowest BCUT2D eigenvalue weighted by atomic mass is 10.1. The standard InChI is InChI=1S/C12H14N4O2/c13-7-11-8-15(9-14-11)6-5-10-1-3-12(4-2-10)16(17)18/h1-4,8-9H,5-7,13H2. The first kappa shape index (κ1) is 12.3. The van der Waals surface area contributed by atoms with Crippen LogP contribution in [0.2, 0.25) is 0 Å². The van der Waals surface area contributed by atoms with Crippen LogP contribution >= 0.6 is 0 Å². The molecule has 0 amide bonds. The molecule has 0 aliphatic carbocycles. The van der Waals surface area contributed by atoms with Crippen LogP contribution in [0.15, 0.2) is 36.8 Å². The molecule has 6 heteroatoms. The van der Waals surface area contributed by atoms with E-state index in [4.69, 9.17) is 5.73 Å². The van der Waals surface area contributed by atoms with Gasteiger partial charge in [0.15, 0.2) is 0 Å². The Morgan fingerprint density at radius 1 is 1.33 bits per heavy atom. The van der Waals surface area contributed by atoms with Crippen molar-refractivity contribution in [3.63, 3.8) is 0 Å². The Kier molecular flexibility index (Phi) is 3.69. The molecule has 1 aromatic heterocycles. The first-order valence-corrected chi connectivity index (χ1v) is 5.63. The molecule has 6 nitrogen and oxygen atoms in total. The number of aromatic nitrogens is 2. The Bertz CT molecular complexity index is 533. The highest BCUT2D eigenvalue weighted by atomic mass is 16.6. The molecule has 0 atom stereocenters. The smallest absolute Gasteiger partial charge is 0.269 e. The fourth-order valence-electron chi connectivity index (χ4n) is 1.68. The van der Waals surface area contributed by atoms with Crippen molar-refractivity contribution >= 4 is 5.69 Å². The lowest BCUT2D eigenvalue weighted by molar-refractivity contribution is -0.384. The van der Waals surface area contributed by atoms with E-state index in [-0.39, 0.29) is 5.69 Å². The maximum absolute atomic E-state index is 10.5. The number of rotatable bonds is 5. The minimum atomic E-state index is -0.396. The van der Waals surface area contributed by atoms with Gasteiger partial charge in [0.2, 0.25) is 0 Å². The first-order chi connectivity index (χ1) is 8.69. The van der Waals surface area contributed by atoms with Gasteiger partial charge in [-0.2, -0.15) is 0 Å². The number of non-ortho nitro benzene ring substituents is 1. The molecule has 0 spiro atoms. The van der Waals surface area contributed by atoms with Crippen LogP contribution in [0.25, 0.3) is 0 Å². The Labute approximate surface area is 104 Å². The summed E-state index contributed by atoms with van der Waals surface area (Å²) in [6.07, 6.45) is 4.46. The molecule has 0 bridgehead atoms. The summed E-state index contributed by atoms with van der Waals surface area (Å²) >= 11 is 0. The van der Waals surface area contributed by atoms with Crippen molar-refractivity contribution in [3.05, 3.63) is 58.2 Å². The van der Waals surface area contributed by atoms with Gasteiger partial charge in [-0.15, -0.1) is 0 Å². The second-order valence-corrected chi connectivity index (χ2v) is 3.98. The van der Waals surface area contributed by atoms with E-state index >= 15 is 0 Å². The number of nitrogens with zero attached hydrogens (tertiary/aromatic N) is 3. The average molecular weight is 246 g/mol. The summed E-state index contributed by atoms with van der Waals surface area (Å²) in [5, 5.41) is 10.5. The number of nitro groups is 1. The van der Waals surface area contributed by atoms with Gasteiger partial charge in [0.25, 0.3) is 5.69 Å². The molecule has 0 unspecified atom stereocenters. The topological polar surface area (TPSA) is 87.0 Å². The van der Waals surface area contributed by atoms with E-state index in [2.05, 4.69) is 4.98 Å². The summed E-state index contributed by atoms with van der Waals surface area (Å²) in [6.45, 7) is 1.22. The molecule has 2 N–H and O–H groups in total. The quantitative estimate of drug-likeness (QED) is 0.639.